The number of ether oxygens (including phenoxy) is 1. The zero-order chi connectivity index (χ0) is 21.8. The number of fused-ring (bicyclic) bond motifs is 1. The van der Waals surface area contributed by atoms with Crippen LogP contribution in [-0.4, -0.2) is 64.6 Å². The number of piperazine rings is 1. The third-order valence-corrected chi connectivity index (χ3v) is 5.53. The molecule has 31 heavy (non-hydrogen) atoms. The van der Waals surface area contributed by atoms with Crippen molar-refractivity contribution in [2.75, 3.05) is 32.8 Å². The molecule has 1 saturated heterocycles. The average molecular weight is 439 g/mol. The van der Waals surface area contributed by atoms with Gasteiger partial charge in [0.25, 0.3) is 5.91 Å². The first-order valence-electron chi connectivity index (χ1n) is 10.3. The molecule has 4 rings (SSSR count). The standard InChI is InChI=1S/C23H23ClN4O3/c1-2-12-31-23(30)28-10-8-27(9-11-28)22(29)16-5-6-18-19(24)14-20(26-21(18)13-16)17-4-3-7-25-15-17/h3-7,13-15H,2,8-12H2,1H3. The van der Waals surface area contributed by atoms with Crippen LogP contribution in [0.25, 0.3) is 22.2 Å². The van der Waals surface area contributed by atoms with Crippen molar-refractivity contribution in [2.24, 2.45) is 0 Å². The van der Waals surface area contributed by atoms with Crippen molar-refractivity contribution in [2.45, 2.75) is 13.3 Å². The number of rotatable bonds is 4. The zero-order valence-electron chi connectivity index (χ0n) is 17.3. The molecule has 0 radical (unpaired) electrons. The van der Waals surface area contributed by atoms with Gasteiger partial charge in [-0.2, -0.15) is 0 Å². The Bertz CT molecular complexity index is 1100. The monoisotopic (exact) mass is 438 g/mol. The molecule has 0 aliphatic carbocycles. The van der Waals surface area contributed by atoms with Crippen LogP contribution in [0.5, 0.6) is 0 Å². The summed E-state index contributed by atoms with van der Waals surface area (Å²) in [5.74, 6) is -0.0896. The molecular formula is C23H23ClN4O3. The van der Waals surface area contributed by atoms with Crippen LogP contribution in [0.2, 0.25) is 5.02 Å². The number of amides is 2. The molecule has 0 atom stereocenters. The Morgan fingerprint density at radius 3 is 2.58 bits per heavy atom. The molecule has 0 unspecified atom stereocenters. The van der Waals surface area contributed by atoms with E-state index in [1.165, 1.54) is 0 Å². The van der Waals surface area contributed by atoms with Gasteiger partial charge in [-0.25, -0.2) is 9.78 Å². The fourth-order valence-corrected chi connectivity index (χ4v) is 3.80. The van der Waals surface area contributed by atoms with Crippen LogP contribution in [0, 0.1) is 0 Å². The van der Waals surface area contributed by atoms with Gasteiger partial charge in [-0.15, -0.1) is 0 Å². The van der Waals surface area contributed by atoms with E-state index in [1.807, 2.05) is 25.1 Å². The lowest BCUT2D eigenvalue weighted by Crippen LogP contribution is -2.50. The van der Waals surface area contributed by atoms with Crippen LogP contribution < -0.4 is 0 Å². The Balaban J connectivity index is 1.52. The Hall–Kier alpha value is -3.19. The number of hydrogen-bond acceptors (Lipinski definition) is 5. The van der Waals surface area contributed by atoms with Crippen molar-refractivity contribution in [3.05, 3.63) is 59.4 Å². The maximum atomic E-state index is 13.1. The van der Waals surface area contributed by atoms with Gasteiger partial charge in [-0.3, -0.25) is 9.78 Å². The summed E-state index contributed by atoms with van der Waals surface area (Å²) in [4.78, 5) is 37.3. The lowest BCUT2D eigenvalue weighted by molar-refractivity contribution is 0.0560. The Morgan fingerprint density at radius 2 is 1.87 bits per heavy atom. The predicted molar refractivity (Wildman–Crippen MR) is 119 cm³/mol. The summed E-state index contributed by atoms with van der Waals surface area (Å²) in [6.45, 7) is 4.19. The van der Waals surface area contributed by atoms with Crippen LogP contribution in [-0.2, 0) is 4.74 Å². The normalized spacial score (nSPS) is 14.0. The van der Waals surface area contributed by atoms with E-state index in [0.717, 1.165) is 17.4 Å². The van der Waals surface area contributed by atoms with Crippen molar-refractivity contribution in [1.29, 1.82) is 0 Å². The Kier molecular flexibility index (Phi) is 6.32. The second-order valence-electron chi connectivity index (χ2n) is 7.36. The fraction of sp³-hybridized carbons (Fsp3) is 0.304. The van der Waals surface area contributed by atoms with Gasteiger partial charge in [-0.05, 0) is 36.8 Å². The molecule has 0 N–H and O–H groups in total. The highest BCUT2D eigenvalue weighted by molar-refractivity contribution is 6.35. The molecule has 0 bridgehead atoms. The molecule has 1 fully saturated rings. The van der Waals surface area contributed by atoms with Gasteiger partial charge < -0.3 is 14.5 Å². The average Bonchev–Trinajstić information content (AvgIpc) is 2.82. The summed E-state index contributed by atoms with van der Waals surface area (Å²) in [6, 6.07) is 10.9. The molecule has 2 amide bonds. The molecule has 1 aliphatic rings. The summed E-state index contributed by atoms with van der Waals surface area (Å²) < 4.78 is 5.18. The molecule has 1 aliphatic heterocycles. The maximum Gasteiger partial charge on any atom is 0.409 e. The van der Waals surface area contributed by atoms with Crippen molar-refractivity contribution in [1.82, 2.24) is 19.8 Å². The minimum absolute atomic E-state index is 0.0896. The highest BCUT2D eigenvalue weighted by atomic mass is 35.5. The van der Waals surface area contributed by atoms with E-state index in [2.05, 4.69) is 4.98 Å². The van der Waals surface area contributed by atoms with Crippen molar-refractivity contribution in [3.8, 4) is 11.3 Å². The fourth-order valence-electron chi connectivity index (χ4n) is 3.54. The number of aromatic nitrogens is 2. The highest BCUT2D eigenvalue weighted by Crippen LogP contribution is 2.28. The lowest BCUT2D eigenvalue weighted by Gasteiger charge is -2.34. The van der Waals surface area contributed by atoms with Crippen molar-refractivity contribution >= 4 is 34.5 Å². The molecule has 0 saturated carbocycles. The van der Waals surface area contributed by atoms with Gasteiger partial charge in [-0.1, -0.05) is 24.6 Å². The topological polar surface area (TPSA) is 75.6 Å². The minimum Gasteiger partial charge on any atom is -0.449 e. The molecule has 1 aromatic carbocycles. The van der Waals surface area contributed by atoms with Gasteiger partial charge in [0.15, 0.2) is 0 Å². The second-order valence-corrected chi connectivity index (χ2v) is 7.76. The number of carbonyl (C=O) groups excluding carboxylic acids is 2. The SMILES string of the molecule is CCCOC(=O)N1CCN(C(=O)c2ccc3c(Cl)cc(-c4cccnc4)nc3c2)CC1. The van der Waals surface area contributed by atoms with E-state index in [9.17, 15) is 9.59 Å². The molecule has 3 aromatic rings. The van der Waals surface area contributed by atoms with Gasteiger partial charge in [0.1, 0.15) is 0 Å². The van der Waals surface area contributed by atoms with Crippen LogP contribution >= 0.6 is 11.6 Å². The predicted octanol–water partition coefficient (Wildman–Crippen LogP) is 4.25. The van der Waals surface area contributed by atoms with Gasteiger partial charge in [0.05, 0.1) is 22.8 Å². The first-order chi connectivity index (χ1) is 15.1. The summed E-state index contributed by atoms with van der Waals surface area (Å²) in [5, 5.41) is 1.36. The summed E-state index contributed by atoms with van der Waals surface area (Å²) in [7, 11) is 0. The first-order valence-corrected chi connectivity index (χ1v) is 10.7. The zero-order valence-corrected chi connectivity index (χ0v) is 18.0. The van der Waals surface area contributed by atoms with E-state index in [4.69, 9.17) is 21.3 Å². The van der Waals surface area contributed by atoms with E-state index < -0.39 is 0 Å². The number of hydrogen-bond donors (Lipinski definition) is 0. The summed E-state index contributed by atoms with van der Waals surface area (Å²) in [5.41, 5.74) is 2.75. The van der Waals surface area contributed by atoms with E-state index in [0.29, 0.717) is 54.6 Å². The number of benzene rings is 1. The molecule has 7 nitrogen and oxygen atoms in total. The number of pyridine rings is 2. The molecule has 8 heteroatoms. The van der Waals surface area contributed by atoms with E-state index in [1.54, 1.807) is 40.4 Å². The minimum atomic E-state index is -0.318. The van der Waals surface area contributed by atoms with Gasteiger partial charge in [0, 0.05) is 55.1 Å². The summed E-state index contributed by atoms with van der Waals surface area (Å²) in [6.07, 6.45) is 3.89. The second kappa shape index (κ2) is 9.31. The highest BCUT2D eigenvalue weighted by Gasteiger charge is 2.26. The molecule has 2 aromatic heterocycles. The van der Waals surface area contributed by atoms with Crippen molar-refractivity contribution < 1.29 is 14.3 Å². The lowest BCUT2D eigenvalue weighted by atomic mass is 10.1. The number of nitrogens with zero attached hydrogens (tertiary/aromatic N) is 4. The van der Waals surface area contributed by atoms with E-state index in [-0.39, 0.29) is 12.0 Å². The quantitative estimate of drug-likeness (QED) is 0.608. The van der Waals surface area contributed by atoms with Crippen LogP contribution in [0.3, 0.4) is 0 Å². The largest absolute Gasteiger partial charge is 0.449 e. The van der Waals surface area contributed by atoms with Crippen LogP contribution in [0.1, 0.15) is 23.7 Å². The smallest absolute Gasteiger partial charge is 0.409 e. The molecule has 0 spiro atoms. The van der Waals surface area contributed by atoms with E-state index >= 15 is 0 Å². The van der Waals surface area contributed by atoms with Gasteiger partial charge >= 0.3 is 6.09 Å². The van der Waals surface area contributed by atoms with Gasteiger partial charge in [0.2, 0.25) is 0 Å². The Morgan fingerprint density at radius 1 is 1.10 bits per heavy atom. The Labute approximate surface area is 185 Å². The molecule has 160 valence electrons. The third kappa shape index (κ3) is 4.61. The maximum absolute atomic E-state index is 13.1. The number of carbonyl (C=O) groups is 2. The third-order valence-electron chi connectivity index (χ3n) is 5.22. The number of halogens is 1. The van der Waals surface area contributed by atoms with Crippen LogP contribution in [0.4, 0.5) is 4.79 Å². The van der Waals surface area contributed by atoms with Crippen molar-refractivity contribution in [3.63, 3.8) is 0 Å². The first kappa shape index (κ1) is 21.1. The molecule has 3 heterocycles. The summed E-state index contributed by atoms with van der Waals surface area (Å²) >= 11 is 6.47. The van der Waals surface area contributed by atoms with Crippen LogP contribution in [0.15, 0.2) is 48.8 Å². The molecular weight excluding hydrogens is 416 g/mol.